The summed E-state index contributed by atoms with van der Waals surface area (Å²) in [5, 5.41) is 2.21. The molecule has 0 unspecified atom stereocenters. The Bertz CT molecular complexity index is 1860. The van der Waals surface area contributed by atoms with E-state index in [4.69, 9.17) is 15.0 Å². The minimum atomic E-state index is 0.855. The molecule has 0 radical (unpaired) electrons. The van der Waals surface area contributed by atoms with Gasteiger partial charge in [0.25, 0.3) is 0 Å². The summed E-state index contributed by atoms with van der Waals surface area (Å²) >= 11 is 0. The predicted molar refractivity (Wildman–Crippen MR) is 137 cm³/mol. The van der Waals surface area contributed by atoms with E-state index < -0.39 is 0 Å². The minimum Gasteiger partial charge on any atom is -0.296 e. The summed E-state index contributed by atoms with van der Waals surface area (Å²) in [5.74, 6) is 1.05. The smallest absolute Gasteiger partial charge is 0.165 e. The van der Waals surface area contributed by atoms with Crippen LogP contribution in [0.2, 0.25) is 0 Å². The predicted octanol–water partition coefficient (Wildman–Crippen LogP) is 6.60. The zero-order chi connectivity index (χ0) is 22.6. The van der Waals surface area contributed by atoms with Gasteiger partial charge in [-0.15, -0.1) is 0 Å². The van der Waals surface area contributed by atoms with Crippen LogP contribution in [0.3, 0.4) is 0 Å². The number of pyridine rings is 2. The molecule has 5 heteroatoms. The topological polar surface area (TPSA) is 48.0 Å². The summed E-state index contributed by atoms with van der Waals surface area (Å²) < 4.78 is 4.32. The van der Waals surface area contributed by atoms with E-state index in [-0.39, 0.29) is 0 Å². The third kappa shape index (κ3) is 2.70. The number of nitrogens with zero attached hydrogens (tertiary/aromatic N) is 5. The van der Waals surface area contributed by atoms with Gasteiger partial charge < -0.3 is 0 Å². The van der Waals surface area contributed by atoms with Crippen LogP contribution in [0.15, 0.2) is 97.2 Å². The first-order chi connectivity index (χ1) is 16.8. The molecule has 0 atom stereocenters. The molecule has 162 valence electrons. The highest BCUT2D eigenvalue weighted by Gasteiger charge is 2.16. The highest BCUT2D eigenvalue weighted by atomic mass is 15.1. The highest BCUT2D eigenvalue weighted by Crippen LogP contribution is 2.34. The largest absolute Gasteiger partial charge is 0.296 e. The molecule has 7 aromatic rings. The van der Waals surface area contributed by atoms with Gasteiger partial charge in [0.05, 0.1) is 16.7 Å². The molecule has 5 nitrogen and oxygen atoms in total. The average Bonchev–Trinajstić information content (AvgIpc) is 3.47. The standard InChI is InChI=1S/C29H21N5/c1-2-25-30-23-14-5-6-15-24(23)34(25)20-11-9-10-19(18-20)27-21-12-3-4-13-22(21)28-29(32-27)33-17-8-7-16-26(33)31-28/h3-18H,2H2,1H3. The molecule has 0 spiro atoms. The molecule has 0 aliphatic heterocycles. The second-order valence-electron chi connectivity index (χ2n) is 8.47. The molecule has 4 heterocycles. The monoisotopic (exact) mass is 439 g/mol. The lowest BCUT2D eigenvalue weighted by Crippen LogP contribution is -2.00. The van der Waals surface area contributed by atoms with Gasteiger partial charge in [-0.2, -0.15) is 0 Å². The van der Waals surface area contributed by atoms with Gasteiger partial charge in [0.1, 0.15) is 17.0 Å². The van der Waals surface area contributed by atoms with Gasteiger partial charge in [-0.25, -0.2) is 15.0 Å². The molecule has 0 N–H and O–H groups in total. The summed E-state index contributed by atoms with van der Waals surface area (Å²) in [4.78, 5) is 14.9. The first kappa shape index (κ1) is 19.0. The minimum absolute atomic E-state index is 0.855. The molecule has 7 rings (SSSR count). The third-order valence-electron chi connectivity index (χ3n) is 6.48. The Morgan fingerprint density at radius 3 is 2.47 bits per heavy atom. The first-order valence-corrected chi connectivity index (χ1v) is 11.5. The lowest BCUT2D eigenvalue weighted by molar-refractivity contribution is 0.908. The van der Waals surface area contributed by atoms with E-state index >= 15 is 0 Å². The highest BCUT2D eigenvalue weighted by molar-refractivity contribution is 6.09. The second-order valence-corrected chi connectivity index (χ2v) is 8.47. The van der Waals surface area contributed by atoms with Crippen molar-refractivity contribution in [3.63, 3.8) is 0 Å². The summed E-state index contributed by atoms with van der Waals surface area (Å²) in [6.45, 7) is 2.15. The summed E-state index contributed by atoms with van der Waals surface area (Å²) in [6.07, 6.45) is 2.88. The van der Waals surface area contributed by atoms with Gasteiger partial charge in [0, 0.05) is 34.6 Å². The maximum atomic E-state index is 5.16. The molecule has 4 aromatic heterocycles. The van der Waals surface area contributed by atoms with Crippen molar-refractivity contribution in [2.24, 2.45) is 0 Å². The Morgan fingerprint density at radius 2 is 1.56 bits per heavy atom. The Morgan fingerprint density at radius 1 is 0.735 bits per heavy atom. The normalized spacial score (nSPS) is 11.8. The number of hydrogen-bond acceptors (Lipinski definition) is 3. The van der Waals surface area contributed by atoms with Crippen LogP contribution < -0.4 is 0 Å². The molecular formula is C29H21N5. The Hall–Kier alpha value is -4.51. The van der Waals surface area contributed by atoms with Crippen LogP contribution in [0, 0.1) is 0 Å². The molecule has 0 amide bonds. The summed E-state index contributed by atoms with van der Waals surface area (Å²) in [5.41, 5.74) is 7.95. The van der Waals surface area contributed by atoms with Crippen molar-refractivity contribution in [2.45, 2.75) is 13.3 Å². The van der Waals surface area contributed by atoms with Gasteiger partial charge in [-0.05, 0) is 36.4 Å². The number of para-hydroxylation sites is 2. The third-order valence-corrected chi connectivity index (χ3v) is 6.48. The van der Waals surface area contributed by atoms with Crippen LogP contribution in [-0.2, 0) is 6.42 Å². The van der Waals surface area contributed by atoms with Crippen molar-refractivity contribution in [1.82, 2.24) is 23.9 Å². The summed E-state index contributed by atoms with van der Waals surface area (Å²) in [7, 11) is 0. The van der Waals surface area contributed by atoms with E-state index in [0.717, 1.165) is 67.8 Å². The Balaban J connectivity index is 1.52. The van der Waals surface area contributed by atoms with Crippen molar-refractivity contribution in [3.05, 3.63) is 103 Å². The van der Waals surface area contributed by atoms with Crippen LogP contribution in [0.5, 0.6) is 0 Å². The fourth-order valence-corrected chi connectivity index (χ4v) is 4.95. The molecule has 3 aromatic carbocycles. The second kappa shape index (κ2) is 7.25. The van der Waals surface area contributed by atoms with Crippen molar-refractivity contribution >= 4 is 38.6 Å². The lowest BCUT2D eigenvalue weighted by atomic mass is 10.0. The van der Waals surface area contributed by atoms with E-state index in [1.807, 2.05) is 30.5 Å². The quantitative estimate of drug-likeness (QED) is 0.311. The van der Waals surface area contributed by atoms with E-state index in [1.54, 1.807) is 0 Å². The van der Waals surface area contributed by atoms with E-state index in [9.17, 15) is 0 Å². The van der Waals surface area contributed by atoms with Crippen LogP contribution in [0.4, 0.5) is 0 Å². The number of aryl methyl sites for hydroxylation is 1. The molecule has 0 fully saturated rings. The molecule has 0 bridgehead atoms. The van der Waals surface area contributed by atoms with Gasteiger partial charge in [0.15, 0.2) is 5.65 Å². The number of hydrogen-bond donors (Lipinski definition) is 0. The molecule has 0 saturated carbocycles. The molecule has 0 aliphatic carbocycles. The van der Waals surface area contributed by atoms with Gasteiger partial charge in [0.2, 0.25) is 0 Å². The fraction of sp³-hybridized carbons (Fsp3) is 0.0690. The van der Waals surface area contributed by atoms with Crippen molar-refractivity contribution in [3.8, 4) is 16.9 Å². The number of imidazole rings is 2. The first-order valence-electron chi connectivity index (χ1n) is 11.5. The van der Waals surface area contributed by atoms with Crippen molar-refractivity contribution < 1.29 is 0 Å². The van der Waals surface area contributed by atoms with Gasteiger partial charge in [-0.3, -0.25) is 8.97 Å². The molecular weight excluding hydrogens is 418 g/mol. The Kier molecular flexibility index (Phi) is 4.05. The fourth-order valence-electron chi connectivity index (χ4n) is 4.95. The SMILES string of the molecule is CCc1nc2ccccc2n1-c1cccc(-c2nc3c(nc4ccccn43)c3ccccc23)c1. The number of fused-ring (bicyclic) bond motifs is 6. The van der Waals surface area contributed by atoms with Crippen LogP contribution in [0.1, 0.15) is 12.7 Å². The molecule has 0 aliphatic rings. The van der Waals surface area contributed by atoms with Crippen LogP contribution >= 0.6 is 0 Å². The summed E-state index contributed by atoms with van der Waals surface area (Å²) in [6, 6.07) is 31.4. The zero-order valence-electron chi connectivity index (χ0n) is 18.7. The average molecular weight is 440 g/mol. The van der Waals surface area contributed by atoms with E-state index in [2.05, 4.69) is 82.6 Å². The molecule has 0 saturated heterocycles. The number of benzene rings is 3. The number of rotatable bonds is 3. The van der Waals surface area contributed by atoms with Gasteiger partial charge >= 0.3 is 0 Å². The Labute approximate surface area is 196 Å². The van der Waals surface area contributed by atoms with Crippen LogP contribution in [0.25, 0.3) is 55.6 Å². The molecule has 34 heavy (non-hydrogen) atoms. The number of aromatic nitrogens is 5. The maximum absolute atomic E-state index is 5.16. The van der Waals surface area contributed by atoms with Gasteiger partial charge in [-0.1, -0.05) is 61.5 Å². The maximum Gasteiger partial charge on any atom is 0.165 e. The van der Waals surface area contributed by atoms with E-state index in [0.29, 0.717) is 0 Å². The zero-order valence-corrected chi connectivity index (χ0v) is 18.7. The van der Waals surface area contributed by atoms with E-state index in [1.165, 1.54) is 0 Å². The van der Waals surface area contributed by atoms with Crippen molar-refractivity contribution in [1.29, 1.82) is 0 Å². The lowest BCUT2D eigenvalue weighted by Gasteiger charge is -2.12. The van der Waals surface area contributed by atoms with Crippen LogP contribution in [-0.4, -0.2) is 23.9 Å². The van der Waals surface area contributed by atoms with Crippen molar-refractivity contribution in [2.75, 3.05) is 0 Å².